The number of phenolic OH excluding ortho intramolecular Hbond substituents is 1. The Hall–Kier alpha value is -7.58. The van der Waals surface area contributed by atoms with Crippen molar-refractivity contribution in [1.29, 1.82) is 0 Å². The number of aliphatic hydroxyl groups is 1. The first-order valence-corrected chi connectivity index (χ1v) is 31.3. The Labute approximate surface area is 525 Å². The number of rotatable bonds is 30. The summed E-state index contributed by atoms with van der Waals surface area (Å²) in [4.78, 5) is 75.1. The number of likely N-dealkylation sites (N-methyl/N-ethyl adjacent to an activating group) is 1. The molecule has 4 N–H and O–H groups in total. The van der Waals surface area contributed by atoms with Crippen molar-refractivity contribution in [3.8, 4) is 33.1 Å². The lowest BCUT2D eigenvalue weighted by molar-refractivity contribution is -0.141. The third kappa shape index (κ3) is 16.6. The predicted octanol–water partition coefficient (Wildman–Crippen LogP) is 8.16. The van der Waals surface area contributed by atoms with E-state index in [1.54, 1.807) is 47.5 Å². The van der Waals surface area contributed by atoms with E-state index >= 15 is 4.39 Å². The topological polar surface area (TPSA) is 257 Å². The van der Waals surface area contributed by atoms with Crippen LogP contribution in [0.2, 0.25) is 5.02 Å². The minimum absolute atomic E-state index is 0.0161. The number of phenols is 1. The summed E-state index contributed by atoms with van der Waals surface area (Å²) in [5, 5.41) is 33.3. The van der Waals surface area contributed by atoms with Crippen LogP contribution in [-0.2, 0) is 44.7 Å². The molecule has 2 fully saturated rings. The molecule has 2 aliphatic heterocycles. The second-order valence-corrected chi connectivity index (χ2v) is 23.6. The summed E-state index contributed by atoms with van der Waals surface area (Å²) in [6.45, 7) is 14.6. The van der Waals surface area contributed by atoms with Crippen molar-refractivity contribution in [1.82, 2.24) is 40.1 Å². The van der Waals surface area contributed by atoms with Crippen LogP contribution in [0.4, 0.5) is 16.2 Å². The molecule has 0 bridgehead atoms. The van der Waals surface area contributed by atoms with Crippen LogP contribution in [0.1, 0.15) is 68.7 Å². The summed E-state index contributed by atoms with van der Waals surface area (Å²) in [5.74, 6) is -0.759. The Morgan fingerprint density at radius 2 is 1.60 bits per heavy atom. The third-order valence-electron chi connectivity index (χ3n) is 15.7. The molecule has 7 aromatic rings. The predicted molar refractivity (Wildman–Crippen MR) is 337 cm³/mol. The Balaban J connectivity index is 0.670. The van der Waals surface area contributed by atoms with Gasteiger partial charge in [0.2, 0.25) is 29.6 Å². The first-order valence-electron chi connectivity index (χ1n) is 30.1. The number of carbonyl (C=O) groups excluding carboxylic acids is 4. The minimum Gasteiger partial charge on any atom is -0.508 e. The Bertz CT molecular complexity index is 3580. The standard InChI is InChI=1S/C64H78ClFN10O12S/c1-7-54(79)74-16-18-75(19-17-74)61-49-35-50(65)57(48-33-45(77)31-42-10-8-9-11-47(42)48)58(66)59(49)70-64(71-61)67-15-14-55(80)73(6)20-21-83-22-23-84-24-25-85-26-27-86-28-29-87-52-32-43(60-41(5)69-38-89-60)12-13-44(52)36-68-62(81)51-34-46(78)37-76(51)63(82)56(39(2)3)53-30-40(4)72-88-53/h8-13,30-33,35,38-39,46,51,56,77-78H,7,14-29,34,36-37H2,1-6H3,(H,68,81)(H,67,70,71)/t46-,51+,56?/m1/s1. The zero-order chi connectivity index (χ0) is 63.1. The molecule has 3 aromatic heterocycles. The summed E-state index contributed by atoms with van der Waals surface area (Å²) in [7, 11) is 1.69. The van der Waals surface area contributed by atoms with Gasteiger partial charge < -0.3 is 68.7 Å². The van der Waals surface area contributed by atoms with Gasteiger partial charge in [-0.3, -0.25) is 19.2 Å². The van der Waals surface area contributed by atoms with Gasteiger partial charge in [-0.1, -0.05) is 73.9 Å². The van der Waals surface area contributed by atoms with Crippen molar-refractivity contribution in [2.24, 2.45) is 5.92 Å². The normalized spacial score (nSPS) is 15.6. The second-order valence-electron chi connectivity index (χ2n) is 22.3. The molecule has 5 heterocycles. The molecule has 22 nitrogen and oxygen atoms in total. The molecule has 4 amide bonds. The van der Waals surface area contributed by atoms with Gasteiger partial charge in [-0.15, -0.1) is 11.3 Å². The van der Waals surface area contributed by atoms with Gasteiger partial charge >= 0.3 is 0 Å². The number of ether oxygens (including phenoxy) is 5. The number of amides is 4. The van der Waals surface area contributed by atoms with Crippen molar-refractivity contribution in [3.05, 3.63) is 106 Å². The molecule has 476 valence electrons. The molecule has 0 radical (unpaired) electrons. The SMILES string of the molecule is CCC(=O)N1CCN(c2nc(NCCC(=O)N(C)CCOCCOCCOCCOCCOc3cc(-c4scnc4C)ccc3CNC(=O)[C@@H]3C[C@@H](O)CN3C(=O)C(c3cc(C)no3)C(C)C)nc3c(F)c(-c4cc(O)cc5ccccc45)c(Cl)cc23)CC1. The molecule has 4 aromatic carbocycles. The van der Waals surface area contributed by atoms with E-state index in [1.807, 2.05) is 75.1 Å². The summed E-state index contributed by atoms with van der Waals surface area (Å²) in [5.41, 5.74) is 5.47. The van der Waals surface area contributed by atoms with Crippen LogP contribution in [0.15, 0.2) is 76.8 Å². The maximum absolute atomic E-state index is 17.0. The number of piperazine rings is 1. The number of hydrogen-bond acceptors (Lipinski definition) is 19. The maximum Gasteiger partial charge on any atom is 0.243 e. The summed E-state index contributed by atoms with van der Waals surface area (Å²) in [6, 6.07) is 18.7. The lowest BCUT2D eigenvalue weighted by Crippen LogP contribution is -2.49. The number of aryl methyl sites for hydroxylation is 2. The van der Waals surface area contributed by atoms with E-state index in [2.05, 4.69) is 25.8 Å². The zero-order valence-corrected chi connectivity index (χ0v) is 52.7. The molecule has 89 heavy (non-hydrogen) atoms. The number of anilines is 2. The van der Waals surface area contributed by atoms with Gasteiger partial charge in [0, 0.05) is 101 Å². The molecule has 2 saturated heterocycles. The number of thiazole rings is 1. The number of halogens is 2. The highest BCUT2D eigenvalue weighted by Gasteiger charge is 2.43. The van der Waals surface area contributed by atoms with Crippen LogP contribution in [0.25, 0.3) is 43.2 Å². The Kier molecular flexibility index (Phi) is 23.1. The quantitative estimate of drug-likeness (QED) is 0.0310. The van der Waals surface area contributed by atoms with E-state index in [4.69, 9.17) is 44.8 Å². The third-order valence-corrected chi connectivity index (χ3v) is 17.0. The van der Waals surface area contributed by atoms with E-state index in [0.717, 1.165) is 21.7 Å². The highest BCUT2D eigenvalue weighted by molar-refractivity contribution is 7.13. The van der Waals surface area contributed by atoms with Crippen LogP contribution >= 0.6 is 22.9 Å². The van der Waals surface area contributed by atoms with Gasteiger partial charge in [-0.05, 0) is 65.9 Å². The number of likely N-dealkylation sites (tertiary alicyclic amines) is 1. The molecule has 0 saturated carbocycles. The molecule has 2 aliphatic rings. The van der Waals surface area contributed by atoms with Crippen molar-refractivity contribution in [2.45, 2.75) is 78.5 Å². The fraction of sp³-hybridized carbons (Fsp3) is 0.469. The van der Waals surface area contributed by atoms with Crippen LogP contribution in [-0.4, -0.2) is 193 Å². The van der Waals surface area contributed by atoms with Gasteiger partial charge in [-0.25, -0.2) is 14.4 Å². The number of aromatic hydroxyl groups is 1. The molecule has 25 heteroatoms. The molecule has 3 atom stereocenters. The number of nitrogens with zero attached hydrogens (tertiary/aromatic N) is 8. The first kappa shape index (κ1) is 65.9. The maximum atomic E-state index is 17.0. The summed E-state index contributed by atoms with van der Waals surface area (Å²) in [6.07, 6.45) is -0.257. The van der Waals surface area contributed by atoms with Gasteiger partial charge in [0.1, 0.15) is 47.2 Å². The largest absolute Gasteiger partial charge is 0.508 e. The molecule has 0 aliphatic carbocycles. The molecular weight excluding hydrogens is 1190 g/mol. The number of carbonyl (C=O) groups is 4. The number of fused-ring (bicyclic) bond motifs is 2. The number of benzene rings is 4. The second kappa shape index (κ2) is 31.2. The summed E-state index contributed by atoms with van der Waals surface area (Å²) >= 11 is 8.42. The minimum atomic E-state index is -0.873. The van der Waals surface area contributed by atoms with Crippen LogP contribution in [0.5, 0.6) is 11.5 Å². The van der Waals surface area contributed by atoms with Crippen molar-refractivity contribution < 1.29 is 62.0 Å². The Morgan fingerprint density at radius 1 is 0.888 bits per heavy atom. The van der Waals surface area contributed by atoms with E-state index in [1.165, 1.54) is 22.3 Å². The van der Waals surface area contributed by atoms with E-state index in [0.29, 0.717) is 124 Å². The smallest absolute Gasteiger partial charge is 0.243 e. The molecule has 9 rings (SSSR count). The Morgan fingerprint density at radius 3 is 2.27 bits per heavy atom. The van der Waals surface area contributed by atoms with E-state index in [-0.39, 0.29) is 110 Å². The first-order chi connectivity index (χ1) is 43.0. The number of aliphatic hydroxyl groups excluding tert-OH is 1. The van der Waals surface area contributed by atoms with Crippen LogP contribution < -0.4 is 20.3 Å². The van der Waals surface area contributed by atoms with E-state index in [9.17, 15) is 29.4 Å². The number of β-amino-alcohol motifs (C(OH)–C–C–N with tert-alkyl or cyclic N) is 1. The average Bonchev–Trinajstić information content (AvgIpc) is 1.96. The zero-order valence-electron chi connectivity index (χ0n) is 51.1. The fourth-order valence-corrected chi connectivity index (χ4v) is 12.1. The van der Waals surface area contributed by atoms with Gasteiger partial charge in [0.25, 0.3) is 0 Å². The molecular formula is C64H78ClFN10O12S. The molecule has 0 spiro atoms. The number of aromatic nitrogens is 4. The van der Waals surface area contributed by atoms with Crippen molar-refractivity contribution in [2.75, 3.05) is 123 Å². The molecule has 1 unspecified atom stereocenters. The van der Waals surface area contributed by atoms with Crippen LogP contribution in [0.3, 0.4) is 0 Å². The van der Waals surface area contributed by atoms with Crippen molar-refractivity contribution in [3.63, 3.8) is 0 Å². The van der Waals surface area contributed by atoms with Gasteiger partial charge in [0.05, 0.1) is 85.8 Å². The van der Waals surface area contributed by atoms with Crippen molar-refractivity contribution >= 4 is 80.0 Å². The average molecular weight is 1270 g/mol. The number of nitrogens with one attached hydrogen (secondary N) is 2. The summed E-state index contributed by atoms with van der Waals surface area (Å²) < 4.78 is 51.7. The number of hydrogen-bond donors (Lipinski definition) is 4. The lowest BCUT2D eigenvalue weighted by atomic mass is 9.91. The van der Waals surface area contributed by atoms with E-state index < -0.39 is 23.9 Å². The monoisotopic (exact) mass is 1260 g/mol. The fourth-order valence-electron chi connectivity index (χ4n) is 11.0. The van der Waals surface area contributed by atoms with Gasteiger partial charge in [0.15, 0.2) is 5.82 Å². The lowest BCUT2D eigenvalue weighted by Gasteiger charge is -2.36. The highest BCUT2D eigenvalue weighted by atomic mass is 35.5. The highest BCUT2D eigenvalue weighted by Crippen LogP contribution is 2.43. The van der Waals surface area contributed by atoms with Crippen LogP contribution in [0, 0.1) is 25.6 Å². The van der Waals surface area contributed by atoms with Gasteiger partial charge in [-0.2, -0.15) is 4.98 Å².